The zero-order valence-electron chi connectivity index (χ0n) is 11.6. The van der Waals surface area contributed by atoms with Crippen molar-refractivity contribution in [1.29, 1.82) is 0 Å². The fourth-order valence-electron chi connectivity index (χ4n) is 1.75. The van der Waals surface area contributed by atoms with Crippen LogP contribution in [-0.2, 0) is 10.0 Å². The number of sulfonamides is 1. The Bertz CT molecular complexity index is 411. The molecule has 18 heavy (non-hydrogen) atoms. The second kappa shape index (κ2) is 8.24. The fraction of sp³-hybridized carbons (Fsp3) is 0.538. The Balaban J connectivity index is 5.31. The van der Waals surface area contributed by atoms with Gasteiger partial charge in [0.05, 0.1) is 5.25 Å². The molecule has 2 N–H and O–H groups in total. The average Bonchev–Trinajstić information content (AvgIpc) is 2.36. The Labute approximate surface area is 111 Å². The standard InChI is InChI=1S/C13H24N2O2S/c1-6-8-10-12(9-7-2)13(14-4)11(3)18(16,17)15-5/h6-7,9-11,13-15H,1,8H2,2-5H3/b9-7-,12-10-. The number of likely N-dealkylation sites (N-methyl/N-ethyl adjacent to an activating group) is 1. The summed E-state index contributed by atoms with van der Waals surface area (Å²) in [6.45, 7) is 7.27. The van der Waals surface area contributed by atoms with Gasteiger partial charge in [-0.1, -0.05) is 24.3 Å². The monoisotopic (exact) mass is 272 g/mol. The number of hydrogen-bond donors (Lipinski definition) is 2. The molecule has 0 rings (SSSR count). The Morgan fingerprint density at radius 3 is 2.39 bits per heavy atom. The molecule has 0 bridgehead atoms. The lowest BCUT2D eigenvalue weighted by Crippen LogP contribution is -2.45. The van der Waals surface area contributed by atoms with Crippen LogP contribution in [0, 0.1) is 0 Å². The van der Waals surface area contributed by atoms with Crippen molar-refractivity contribution in [2.75, 3.05) is 14.1 Å². The van der Waals surface area contributed by atoms with Crippen LogP contribution in [0.1, 0.15) is 20.3 Å². The van der Waals surface area contributed by atoms with Gasteiger partial charge in [0.1, 0.15) is 0 Å². The van der Waals surface area contributed by atoms with E-state index in [2.05, 4.69) is 16.6 Å². The zero-order chi connectivity index (χ0) is 14.2. The molecule has 0 aromatic heterocycles. The molecule has 2 unspecified atom stereocenters. The van der Waals surface area contributed by atoms with Crippen LogP contribution in [0.25, 0.3) is 0 Å². The largest absolute Gasteiger partial charge is 0.312 e. The molecule has 0 saturated heterocycles. The van der Waals surface area contributed by atoms with Crippen molar-refractivity contribution in [3.8, 4) is 0 Å². The highest BCUT2D eigenvalue weighted by Crippen LogP contribution is 2.15. The zero-order valence-corrected chi connectivity index (χ0v) is 12.4. The molecule has 104 valence electrons. The van der Waals surface area contributed by atoms with Gasteiger partial charge in [-0.3, -0.25) is 0 Å². The van der Waals surface area contributed by atoms with Gasteiger partial charge in [-0.05, 0) is 39.9 Å². The Morgan fingerprint density at radius 1 is 1.39 bits per heavy atom. The van der Waals surface area contributed by atoms with Crippen molar-refractivity contribution in [2.45, 2.75) is 31.6 Å². The van der Waals surface area contributed by atoms with E-state index in [-0.39, 0.29) is 6.04 Å². The van der Waals surface area contributed by atoms with Crippen LogP contribution in [-0.4, -0.2) is 33.8 Å². The van der Waals surface area contributed by atoms with E-state index in [0.29, 0.717) is 6.42 Å². The van der Waals surface area contributed by atoms with Gasteiger partial charge in [0.25, 0.3) is 0 Å². The van der Waals surface area contributed by atoms with Gasteiger partial charge in [-0.25, -0.2) is 13.1 Å². The summed E-state index contributed by atoms with van der Waals surface area (Å²) in [6, 6.07) is -0.251. The summed E-state index contributed by atoms with van der Waals surface area (Å²) in [6.07, 6.45) is 8.30. The number of hydrogen-bond acceptors (Lipinski definition) is 3. The van der Waals surface area contributed by atoms with Gasteiger partial charge >= 0.3 is 0 Å². The SMILES string of the molecule is C=CC/C=C(/C=C\C)C(NC)C(C)S(=O)(=O)NC. The molecule has 0 amide bonds. The molecule has 0 saturated carbocycles. The number of allylic oxidation sites excluding steroid dienone is 3. The highest BCUT2D eigenvalue weighted by molar-refractivity contribution is 7.90. The highest BCUT2D eigenvalue weighted by Gasteiger charge is 2.28. The summed E-state index contributed by atoms with van der Waals surface area (Å²) in [5, 5.41) is 2.51. The fourth-order valence-corrected chi connectivity index (χ4v) is 2.77. The van der Waals surface area contributed by atoms with Crippen LogP contribution < -0.4 is 10.0 Å². The Morgan fingerprint density at radius 2 is 2.00 bits per heavy atom. The molecule has 0 aromatic rings. The molecular weight excluding hydrogens is 248 g/mol. The summed E-state index contributed by atoms with van der Waals surface area (Å²) in [4.78, 5) is 0. The van der Waals surface area contributed by atoms with Gasteiger partial charge in [-0.15, -0.1) is 6.58 Å². The molecule has 0 spiro atoms. The highest BCUT2D eigenvalue weighted by atomic mass is 32.2. The first-order valence-electron chi connectivity index (χ1n) is 5.97. The molecule has 2 atom stereocenters. The van der Waals surface area contributed by atoms with E-state index < -0.39 is 15.3 Å². The van der Waals surface area contributed by atoms with Crippen LogP contribution >= 0.6 is 0 Å². The van der Waals surface area contributed by atoms with Crippen molar-refractivity contribution in [2.24, 2.45) is 0 Å². The second-order valence-electron chi connectivity index (χ2n) is 3.95. The quantitative estimate of drug-likeness (QED) is 0.521. The van der Waals surface area contributed by atoms with Gasteiger partial charge in [0.2, 0.25) is 10.0 Å². The number of nitrogens with one attached hydrogen (secondary N) is 2. The molecule has 0 aliphatic heterocycles. The molecule has 0 fully saturated rings. The first-order chi connectivity index (χ1) is 8.44. The van der Waals surface area contributed by atoms with Gasteiger partial charge in [0, 0.05) is 6.04 Å². The molecule has 0 aliphatic rings. The van der Waals surface area contributed by atoms with Crippen LogP contribution in [0.5, 0.6) is 0 Å². The average molecular weight is 272 g/mol. The lowest BCUT2D eigenvalue weighted by molar-refractivity contribution is 0.545. The third kappa shape index (κ3) is 4.76. The predicted molar refractivity (Wildman–Crippen MR) is 78.0 cm³/mol. The Kier molecular flexibility index (Phi) is 7.82. The molecule has 4 nitrogen and oxygen atoms in total. The van der Waals surface area contributed by atoms with Crippen molar-refractivity contribution in [1.82, 2.24) is 10.0 Å². The minimum absolute atomic E-state index is 0.251. The summed E-state index contributed by atoms with van der Waals surface area (Å²) >= 11 is 0. The van der Waals surface area contributed by atoms with Crippen molar-refractivity contribution in [3.05, 3.63) is 36.5 Å². The summed E-state index contributed by atoms with van der Waals surface area (Å²) in [5.41, 5.74) is 0.950. The normalized spacial score (nSPS) is 16.8. The predicted octanol–water partition coefficient (Wildman–Crippen LogP) is 1.59. The first kappa shape index (κ1) is 17.1. The number of rotatable bonds is 8. The van der Waals surface area contributed by atoms with E-state index in [1.807, 2.05) is 25.2 Å². The van der Waals surface area contributed by atoms with Gasteiger partial charge in [0.15, 0.2) is 0 Å². The van der Waals surface area contributed by atoms with Crippen LogP contribution in [0.4, 0.5) is 0 Å². The van der Waals surface area contributed by atoms with Crippen molar-refractivity contribution >= 4 is 10.0 Å². The second-order valence-corrected chi connectivity index (χ2v) is 6.19. The van der Waals surface area contributed by atoms with Gasteiger partial charge in [-0.2, -0.15) is 0 Å². The lowest BCUT2D eigenvalue weighted by Gasteiger charge is -2.24. The summed E-state index contributed by atoms with van der Waals surface area (Å²) < 4.78 is 26.1. The van der Waals surface area contributed by atoms with Crippen LogP contribution in [0.2, 0.25) is 0 Å². The van der Waals surface area contributed by atoms with E-state index in [4.69, 9.17) is 0 Å². The molecule has 0 aliphatic carbocycles. The third-order valence-corrected chi connectivity index (χ3v) is 4.61. The summed E-state index contributed by atoms with van der Waals surface area (Å²) in [7, 11) is -0.118. The van der Waals surface area contributed by atoms with E-state index in [0.717, 1.165) is 5.57 Å². The minimum Gasteiger partial charge on any atom is -0.312 e. The van der Waals surface area contributed by atoms with Gasteiger partial charge < -0.3 is 5.32 Å². The van der Waals surface area contributed by atoms with E-state index in [1.165, 1.54) is 7.05 Å². The molecular formula is C13H24N2O2S. The van der Waals surface area contributed by atoms with Crippen LogP contribution in [0.3, 0.4) is 0 Å². The lowest BCUT2D eigenvalue weighted by atomic mass is 10.0. The van der Waals surface area contributed by atoms with E-state index >= 15 is 0 Å². The maximum absolute atomic E-state index is 11.9. The van der Waals surface area contributed by atoms with Crippen molar-refractivity contribution in [3.63, 3.8) is 0 Å². The third-order valence-electron chi connectivity index (χ3n) is 2.79. The first-order valence-corrected chi connectivity index (χ1v) is 7.52. The molecule has 0 aromatic carbocycles. The van der Waals surface area contributed by atoms with Crippen LogP contribution in [0.15, 0.2) is 36.5 Å². The topological polar surface area (TPSA) is 58.2 Å². The summed E-state index contributed by atoms with van der Waals surface area (Å²) in [5.74, 6) is 0. The minimum atomic E-state index is -3.31. The molecule has 0 heterocycles. The smallest absolute Gasteiger partial charge is 0.215 e. The molecule has 5 heteroatoms. The Hall–Kier alpha value is -0.910. The van der Waals surface area contributed by atoms with Crippen molar-refractivity contribution < 1.29 is 8.42 Å². The van der Waals surface area contributed by atoms with E-state index in [9.17, 15) is 8.42 Å². The maximum atomic E-state index is 11.9. The van der Waals surface area contributed by atoms with E-state index in [1.54, 1.807) is 20.0 Å². The molecule has 0 radical (unpaired) electrons. The maximum Gasteiger partial charge on any atom is 0.215 e.